The van der Waals surface area contributed by atoms with E-state index in [1.54, 1.807) is 12.1 Å². The highest BCUT2D eigenvalue weighted by atomic mass is 127. The summed E-state index contributed by atoms with van der Waals surface area (Å²) in [5.74, 6) is -2.81. The van der Waals surface area contributed by atoms with Gasteiger partial charge in [0.25, 0.3) is 20.2 Å². The van der Waals surface area contributed by atoms with E-state index in [4.69, 9.17) is 15.6 Å². The Morgan fingerprint density at radius 3 is 1.80 bits per heavy atom. The van der Waals surface area contributed by atoms with Crippen LogP contribution in [-0.2, 0) is 31.5 Å². The number of halogens is 2. The van der Waals surface area contributed by atoms with Crippen molar-refractivity contribution in [2.24, 2.45) is 5.73 Å². The van der Waals surface area contributed by atoms with E-state index in [0.717, 1.165) is 0 Å². The quantitative estimate of drug-likeness (QED) is 0.210. The van der Waals surface area contributed by atoms with E-state index in [2.05, 4.69) is 0 Å². The van der Waals surface area contributed by atoms with Crippen LogP contribution < -0.4 is 10.5 Å². The molecule has 164 valence electrons. The molecule has 6 N–H and O–H groups in total. The number of aliphatic carboxylic acids is 1. The number of hydrogen-bond acceptors (Lipinski definition) is 8. The summed E-state index contributed by atoms with van der Waals surface area (Å²) in [6.07, 6.45) is 0.0284. The van der Waals surface area contributed by atoms with Crippen molar-refractivity contribution in [3.63, 3.8) is 0 Å². The number of hydrogen-bond donors (Lipinski definition) is 5. The molecule has 0 spiro atoms. The second-order valence-corrected chi connectivity index (χ2v) is 11.0. The fourth-order valence-electron chi connectivity index (χ4n) is 2.30. The van der Waals surface area contributed by atoms with E-state index in [-0.39, 0.29) is 12.2 Å². The van der Waals surface area contributed by atoms with Gasteiger partial charge in [-0.15, -0.1) is 0 Å². The predicted octanol–water partition coefficient (Wildman–Crippen LogP) is 1.84. The molecule has 30 heavy (non-hydrogen) atoms. The lowest BCUT2D eigenvalue weighted by molar-refractivity contribution is -0.138. The lowest BCUT2D eigenvalue weighted by atomic mass is 10.1. The average Bonchev–Trinajstić information content (AvgIpc) is 2.57. The molecule has 11 nitrogen and oxygen atoms in total. The Morgan fingerprint density at radius 1 is 1.00 bits per heavy atom. The fraction of sp³-hybridized carbons (Fsp3) is 0.133. The summed E-state index contributed by atoms with van der Waals surface area (Å²) in [5, 5.41) is 18.8. The van der Waals surface area contributed by atoms with Crippen LogP contribution in [0.15, 0.2) is 34.1 Å². The number of carbonyl (C=O) groups is 1. The van der Waals surface area contributed by atoms with E-state index < -0.39 is 53.5 Å². The van der Waals surface area contributed by atoms with Crippen molar-refractivity contribution in [3.05, 3.63) is 37.0 Å². The minimum absolute atomic E-state index is 0.0284. The smallest absolute Gasteiger partial charge is 0.320 e. The molecule has 0 aromatic heterocycles. The topological polar surface area (TPSA) is 202 Å². The summed E-state index contributed by atoms with van der Waals surface area (Å²) in [4.78, 5) is 8.56. The number of carboxylic acid groups (broad SMARTS) is 1. The SMILES string of the molecule is NC(Cc1cc(I)c(Oc2cc(S(=O)(=O)O)c(O)c(S(=O)(=O)O)c2)c(I)c1)C(=O)O. The Kier molecular flexibility index (Phi) is 7.58. The van der Waals surface area contributed by atoms with Gasteiger partial charge in [0, 0.05) is 12.1 Å². The largest absolute Gasteiger partial charge is 0.505 e. The molecular weight excluding hydrogens is 672 g/mol. The third-order valence-electron chi connectivity index (χ3n) is 3.62. The normalized spacial score (nSPS) is 13.1. The van der Waals surface area contributed by atoms with Gasteiger partial charge in [-0.3, -0.25) is 13.9 Å². The number of rotatable bonds is 7. The van der Waals surface area contributed by atoms with Crippen LogP contribution in [0.1, 0.15) is 5.56 Å². The van der Waals surface area contributed by atoms with E-state index >= 15 is 0 Å². The first kappa shape index (κ1) is 25.0. The van der Waals surface area contributed by atoms with Gasteiger partial charge >= 0.3 is 5.97 Å². The molecule has 2 aromatic carbocycles. The molecule has 15 heteroatoms. The van der Waals surface area contributed by atoms with Crippen molar-refractivity contribution in [3.8, 4) is 17.2 Å². The summed E-state index contributed by atoms with van der Waals surface area (Å²) < 4.78 is 70.8. The van der Waals surface area contributed by atoms with Crippen LogP contribution in [0, 0.1) is 7.14 Å². The first-order valence-electron chi connectivity index (χ1n) is 7.57. The first-order valence-corrected chi connectivity index (χ1v) is 12.6. The fourth-order valence-corrected chi connectivity index (χ4v) is 5.72. The summed E-state index contributed by atoms with van der Waals surface area (Å²) in [6, 6.07) is 3.36. The number of carboxylic acids is 1. The third-order valence-corrected chi connectivity index (χ3v) is 6.96. The molecule has 0 amide bonds. The molecule has 0 saturated carbocycles. The van der Waals surface area contributed by atoms with Gasteiger partial charge in [-0.25, -0.2) is 0 Å². The summed E-state index contributed by atoms with van der Waals surface area (Å²) in [7, 11) is -10.1. The molecular formula is C15H13I2NO10S2. The second-order valence-electron chi connectivity index (χ2n) is 5.86. The van der Waals surface area contributed by atoms with Crippen LogP contribution in [0.5, 0.6) is 17.2 Å². The third kappa shape index (κ3) is 5.92. The molecule has 0 aliphatic heterocycles. The van der Waals surface area contributed by atoms with Gasteiger partial charge in [0.2, 0.25) is 0 Å². The van der Waals surface area contributed by atoms with Crippen molar-refractivity contribution in [2.75, 3.05) is 0 Å². The minimum atomic E-state index is -5.06. The van der Waals surface area contributed by atoms with Crippen molar-refractivity contribution in [2.45, 2.75) is 22.3 Å². The van der Waals surface area contributed by atoms with E-state index in [0.29, 0.717) is 24.8 Å². The van der Waals surface area contributed by atoms with Crippen LogP contribution in [-0.4, -0.2) is 48.2 Å². The Morgan fingerprint density at radius 2 is 1.43 bits per heavy atom. The highest BCUT2D eigenvalue weighted by molar-refractivity contribution is 14.1. The molecule has 0 aliphatic carbocycles. The van der Waals surface area contributed by atoms with Crippen LogP contribution in [0.4, 0.5) is 0 Å². The van der Waals surface area contributed by atoms with E-state index in [1.165, 1.54) is 0 Å². The monoisotopic (exact) mass is 685 g/mol. The van der Waals surface area contributed by atoms with Gasteiger partial charge < -0.3 is 20.7 Å². The first-order chi connectivity index (χ1) is 13.6. The Bertz CT molecular complexity index is 1150. The lowest BCUT2D eigenvalue weighted by Crippen LogP contribution is -2.32. The van der Waals surface area contributed by atoms with Crippen molar-refractivity contribution in [1.82, 2.24) is 0 Å². The van der Waals surface area contributed by atoms with Crippen LogP contribution >= 0.6 is 45.2 Å². The van der Waals surface area contributed by atoms with Crippen molar-refractivity contribution in [1.29, 1.82) is 0 Å². The van der Waals surface area contributed by atoms with Gasteiger partial charge in [-0.05, 0) is 69.3 Å². The minimum Gasteiger partial charge on any atom is -0.505 e. The number of benzene rings is 2. The number of nitrogens with two attached hydrogens (primary N) is 1. The summed E-state index contributed by atoms with van der Waals surface area (Å²) >= 11 is 3.71. The number of phenolic OH excluding ortho intramolecular Hbond substituents is 1. The number of ether oxygens (including phenoxy) is 1. The zero-order valence-corrected chi connectivity index (χ0v) is 20.4. The molecule has 0 saturated heterocycles. The zero-order chi connectivity index (χ0) is 23.0. The maximum absolute atomic E-state index is 11.5. The highest BCUT2D eigenvalue weighted by Crippen LogP contribution is 2.39. The maximum Gasteiger partial charge on any atom is 0.320 e. The molecule has 1 unspecified atom stereocenters. The zero-order valence-electron chi connectivity index (χ0n) is 14.5. The van der Waals surface area contributed by atoms with Crippen molar-refractivity contribution < 1.29 is 45.7 Å². The van der Waals surface area contributed by atoms with Gasteiger partial charge in [0.1, 0.15) is 21.6 Å². The maximum atomic E-state index is 11.5. The van der Waals surface area contributed by atoms with Crippen molar-refractivity contribution >= 4 is 71.4 Å². The van der Waals surface area contributed by atoms with E-state index in [9.17, 15) is 35.8 Å². The Balaban J connectivity index is 2.56. The molecule has 2 aromatic rings. The predicted molar refractivity (Wildman–Crippen MR) is 119 cm³/mol. The molecule has 0 bridgehead atoms. The van der Waals surface area contributed by atoms with Gasteiger partial charge in [-0.2, -0.15) is 16.8 Å². The molecule has 0 radical (unpaired) electrons. The van der Waals surface area contributed by atoms with Gasteiger partial charge in [-0.1, -0.05) is 0 Å². The molecule has 0 aliphatic rings. The average molecular weight is 685 g/mol. The van der Waals surface area contributed by atoms with Crippen LogP contribution in [0.3, 0.4) is 0 Å². The number of aromatic hydroxyl groups is 1. The second kappa shape index (κ2) is 9.09. The number of phenols is 1. The Labute approximate surface area is 198 Å². The molecule has 1 atom stereocenters. The Hall–Kier alpha value is -1.25. The lowest BCUT2D eigenvalue weighted by Gasteiger charge is -2.15. The standard InChI is InChI=1S/C15H13I2NO10S2/c16-8-1-6(3-10(18)15(20)21)2-9(17)14(8)28-7-4-11(29(22,23)24)13(19)12(5-7)30(25,26)27/h1-2,4-5,10,19H,3,18H2,(H,20,21)(H,22,23,24)(H,25,26,27). The van der Waals surface area contributed by atoms with Gasteiger partial charge in [0.15, 0.2) is 11.5 Å². The molecule has 0 heterocycles. The van der Waals surface area contributed by atoms with Crippen LogP contribution in [0.25, 0.3) is 0 Å². The molecule has 0 fully saturated rings. The summed E-state index contributed by atoms with van der Waals surface area (Å²) in [6.45, 7) is 0. The van der Waals surface area contributed by atoms with Gasteiger partial charge in [0.05, 0.1) is 7.14 Å². The highest BCUT2D eigenvalue weighted by Gasteiger charge is 2.27. The van der Waals surface area contributed by atoms with E-state index in [1.807, 2.05) is 45.2 Å². The van der Waals surface area contributed by atoms with Crippen LogP contribution in [0.2, 0.25) is 0 Å². The summed E-state index contributed by atoms with van der Waals surface area (Å²) in [5.41, 5.74) is 6.10. The molecule has 2 rings (SSSR count).